The van der Waals surface area contributed by atoms with Crippen LogP contribution in [0, 0.1) is 11.7 Å². The highest BCUT2D eigenvalue weighted by molar-refractivity contribution is 6.30. The Labute approximate surface area is 140 Å². The molecular formula is C16H22ClFN2O3. The minimum Gasteiger partial charge on any atom is -0.381 e. The van der Waals surface area contributed by atoms with E-state index in [0.717, 1.165) is 0 Å². The summed E-state index contributed by atoms with van der Waals surface area (Å²) < 4.78 is 19.6. The summed E-state index contributed by atoms with van der Waals surface area (Å²) >= 11 is 5.73. The highest BCUT2D eigenvalue weighted by Crippen LogP contribution is 2.29. The Morgan fingerprint density at radius 3 is 2.96 bits per heavy atom. The van der Waals surface area contributed by atoms with E-state index in [1.807, 2.05) is 0 Å². The van der Waals surface area contributed by atoms with Crippen LogP contribution in [0.5, 0.6) is 0 Å². The first kappa shape index (κ1) is 18.1. The lowest BCUT2D eigenvalue weighted by Crippen LogP contribution is -2.45. The number of carbonyl (C=O) groups is 1. The summed E-state index contributed by atoms with van der Waals surface area (Å²) in [6.45, 7) is 4.95. The lowest BCUT2D eigenvalue weighted by Gasteiger charge is -2.27. The summed E-state index contributed by atoms with van der Waals surface area (Å²) in [5.74, 6) is -1.04. The number of aliphatic hydroxyl groups is 1. The third-order valence-electron chi connectivity index (χ3n) is 3.76. The zero-order valence-electron chi connectivity index (χ0n) is 13.2. The molecule has 23 heavy (non-hydrogen) atoms. The predicted molar refractivity (Wildman–Crippen MR) is 85.8 cm³/mol. The van der Waals surface area contributed by atoms with Crippen LogP contribution in [0.1, 0.15) is 25.5 Å². The summed E-state index contributed by atoms with van der Waals surface area (Å²) in [6, 6.07) is 4.59. The van der Waals surface area contributed by atoms with Gasteiger partial charge in [0, 0.05) is 25.6 Å². The molecule has 1 aromatic rings. The van der Waals surface area contributed by atoms with E-state index in [4.69, 9.17) is 16.3 Å². The fraction of sp³-hybridized carbons (Fsp3) is 0.562. The number of halogens is 2. The lowest BCUT2D eigenvalue weighted by molar-refractivity contribution is -0.136. The molecular weight excluding hydrogens is 323 g/mol. The Morgan fingerprint density at radius 2 is 2.30 bits per heavy atom. The molecule has 0 aromatic heterocycles. The molecule has 0 radical (unpaired) electrons. The second kappa shape index (κ2) is 7.57. The van der Waals surface area contributed by atoms with E-state index in [9.17, 15) is 14.3 Å². The third kappa shape index (κ3) is 4.88. The van der Waals surface area contributed by atoms with Gasteiger partial charge >= 0.3 is 0 Å². The molecule has 128 valence electrons. The van der Waals surface area contributed by atoms with Crippen molar-refractivity contribution in [1.82, 2.24) is 10.6 Å². The molecule has 0 bridgehead atoms. The number of hydrogen-bond acceptors (Lipinski definition) is 4. The highest BCUT2D eigenvalue weighted by atomic mass is 35.5. The van der Waals surface area contributed by atoms with Gasteiger partial charge in [-0.15, -0.1) is 0 Å². The van der Waals surface area contributed by atoms with Crippen LogP contribution in [-0.2, 0) is 9.53 Å². The van der Waals surface area contributed by atoms with E-state index in [1.54, 1.807) is 6.07 Å². The standard InChI is InChI=1S/C16H22ClFN2O3/c1-16(2,22)15(21)20-9-11-8-19-5-6-23-14(11)10-3-4-12(17)13(18)7-10/h3-4,7,11,14,19,22H,5-6,8-9H2,1-2H3,(H,20,21)/t11-,14-/m0/s1. The predicted octanol–water partition coefficient (Wildman–Crippen LogP) is 1.64. The molecule has 2 atom stereocenters. The average molecular weight is 345 g/mol. The monoisotopic (exact) mass is 344 g/mol. The Balaban J connectivity index is 2.13. The van der Waals surface area contributed by atoms with Crippen molar-refractivity contribution in [3.05, 3.63) is 34.6 Å². The molecule has 0 unspecified atom stereocenters. The molecule has 1 amide bonds. The van der Waals surface area contributed by atoms with Crippen LogP contribution in [0.4, 0.5) is 4.39 Å². The van der Waals surface area contributed by atoms with E-state index >= 15 is 0 Å². The Hall–Kier alpha value is -1.21. The van der Waals surface area contributed by atoms with Crippen molar-refractivity contribution in [3.63, 3.8) is 0 Å². The minimum atomic E-state index is -1.44. The van der Waals surface area contributed by atoms with Crippen LogP contribution >= 0.6 is 11.6 Å². The zero-order chi connectivity index (χ0) is 17.0. The van der Waals surface area contributed by atoms with Gasteiger partial charge in [0.15, 0.2) is 0 Å². The number of rotatable bonds is 4. The van der Waals surface area contributed by atoms with Crippen LogP contribution in [0.15, 0.2) is 18.2 Å². The number of benzene rings is 1. The van der Waals surface area contributed by atoms with Crippen molar-refractivity contribution in [3.8, 4) is 0 Å². The first-order valence-corrected chi connectivity index (χ1v) is 7.95. The van der Waals surface area contributed by atoms with Gasteiger partial charge in [0.1, 0.15) is 11.4 Å². The third-order valence-corrected chi connectivity index (χ3v) is 4.07. The smallest absolute Gasteiger partial charge is 0.251 e. The van der Waals surface area contributed by atoms with Crippen LogP contribution in [0.25, 0.3) is 0 Å². The summed E-state index contributed by atoms with van der Waals surface area (Å²) in [4.78, 5) is 11.8. The summed E-state index contributed by atoms with van der Waals surface area (Å²) in [7, 11) is 0. The normalized spacial score (nSPS) is 22.5. The number of carbonyl (C=O) groups excluding carboxylic acids is 1. The first-order chi connectivity index (χ1) is 10.8. The van der Waals surface area contributed by atoms with Crippen molar-refractivity contribution in [2.75, 3.05) is 26.2 Å². The van der Waals surface area contributed by atoms with Gasteiger partial charge in [-0.3, -0.25) is 4.79 Å². The first-order valence-electron chi connectivity index (χ1n) is 7.57. The second-order valence-corrected chi connectivity index (χ2v) is 6.61. The van der Waals surface area contributed by atoms with Gasteiger partial charge in [-0.05, 0) is 31.5 Å². The van der Waals surface area contributed by atoms with Crippen LogP contribution < -0.4 is 10.6 Å². The summed E-state index contributed by atoms with van der Waals surface area (Å²) in [6.07, 6.45) is -0.362. The summed E-state index contributed by atoms with van der Waals surface area (Å²) in [5.41, 5.74) is -0.765. The molecule has 1 aromatic carbocycles. The molecule has 1 heterocycles. The molecule has 2 rings (SSSR count). The molecule has 7 heteroatoms. The number of ether oxygens (including phenoxy) is 1. The van der Waals surface area contributed by atoms with E-state index in [0.29, 0.717) is 31.8 Å². The number of nitrogens with one attached hydrogen (secondary N) is 2. The van der Waals surface area contributed by atoms with E-state index in [-0.39, 0.29) is 17.0 Å². The van der Waals surface area contributed by atoms with Crippen molar-refractivity contribution in [2.45, 2.75) is 25.6 Å². The topological polar surface area (TPSA) is 70.6 Å². The maximum absolute atomic E-state index is 13.7. The van der Waals surface area contributed by atoms with Gasteiger partial charge in [-0.25, -0.2) is 4.39 Å². The molecule has 0 aliphatic carbocycles. The quantitative estimate of drug-likeness (QED) is 0.776. The van der Waals surface area contributed by atoms with Gasteiger partial charge in [-0.2, -0.15) is 0 Å². The molecule has 1 aliphatic heterocycles. The minimum absolute atomic E-state index is 0.0624. The number of amides is 1. The lowest BCUT2D eigenvalue weighted by atomic mass is 9.95. The maximum Gasteiger partial charge on any atom is 0.251 e. The van der Waals surface area contributed by atoms with Gasteiger partial charge < -0.3 is 20.5 Å². The van der Waals surface area contributed by atoms with Gasteiger partial charge in [-0.1, -0.05) is 17.7 Å². The molecule has 3 N–H and O–H groups in total. The van der Waals surface area contributed by atoms with E-state index in [2.05, 4.69) is 10.6 Å². The SMILES string of the molecule is CC(C)(O)C(=O)NC[C@@H]1CNCCO[C@H]1c1ccc(Cl)c(F)c1. The van der Waals surface area contributed by atoms with Crippen molar-refractivity contribution in [1.29, 1.82) is 0 Å². The van der Waals surface area contributed by atoms with E-state index in [1.165, 1.54) is 26.0 Å². The van der Waals surface area contributed by atoms with Crippen molar-refractivity contribution < 1.29 is 19.0 Å². The number of hydrogen-bond donors (Lipinski definition) is 3. The molecule has 1 saturated heterocycles. The van der Waals surface area contributed by atoms with Crippen molar-refractivity contribution >= 4 is 17.5 Å². The fourth-order valence-electron chi connectivity index (χ4n) is 2.47. The average Bonchev–Trinajstić information content (AvgIpc) is 2.72. The van der Waals surface area contributed by atoms with Crippen LogP contribution in [0.3, 0.4) is 0 Å². The fourth-order valence-corrected chi connectivity index (χ4v) is 2.58. The Morgan fingerprint density at radius 1 is 1.57 bits per heavy atom. The van der Waals surface area contributed by atoms with Gasteiger partial charge in [0.25, 0.3) is 5.91 Å². The Bertz CT molecular complexity index is 563. The summed E-state index contributed by atoms with van der Waals surface area (Å²) in [5, 5.41) is 15.7. The largest absolute Gasteiger partial charge is 0.381 e. The van der Waals surface area contributed by atoms with Crippen LogP contribution in [0.2, 0.25) is 5.02 Å². The van der Waals surface area contributed by atoms with E-state index < -0.39 is 17.3 Å². The molecule has 1 fully saturated rings. The molecule has 1 aliphatic rings. The van der Waals surface area contributed by atoms with Crippen LogP contribution in [-0.4, -0.2) is 42.9 Å². The second-order valence-electron chi connectivity index (χ2n) is 6.20. The molecule has 0 spiro atoms. The van der Waals surface area contributed by atoms with Gasteiger partial charge in [0.2, 0.25) is 0 Å². The zero-order valence-corrected chi connectivity index (χ0v) is 14.0. The molecule has 5 nitrogen and oxygen atoms in total. The Kier molecular flexibility index (Phi) is 5.97. The highest BCUT2D eigenvalue weighted by Gasteiger charge is 2.29. The van der Waals surface area contributed by atoms with Crippen molar-refractivity contribution in [2.24, 2.45) is 5.92 Å². The van der Waals surface area contributed by atoms with Gasteiger partial charge in [0.05, 0.1) is 17.7 Å². The molecule has 0 saturated carbocycles. The maximum atomic E-state index is 13.7.